The maximum absolute atomic E-state index is 13.8. The Balaban J connectivity index is 1.32. The third-order valence-electron chi connectivity index (χ3n) is 7.04. The van der Waals surface area contributed by atoms with Crippen LogP contribution in [0, 0.1) is 0 Å². The van der Waals surface area contributed by atoms with Crippen molar-refractivity contribution in [2.75, 3.05) is 31.2 Å². The van der Waals surface area contributed by atoms with Gasteiger partial charge in [0.1, 0.15) is 5.54 Å². The van der Waals surface area contributed by atoms with Crippen LogP contribution in [0.2, 0.25) is 0 Å². The minimum absolute atomic E-state index is 0.285. The van der Waals surface area contributed by atoms with Gasteiger partial charge in [-0.25, -0.2) is 0 Å². The van der Waals surface area contributed by atoms with Gasteiger partial charge in [-0.2, -0.15) is 0 Å². The van der Waals surface area contributed by atoms with E-state index in [0.29, 0.717) is 13.2 Å². The minimum atomic E-state index is -0.431. The number of para-hydroxylation sites is 1. The predicted molar refractivity (Wildman–Crippen MR) is 129 cm³/mol. The summed E-state index contributed by atoms with van der Waals surface area (Å²) in [6, 6.07) is 31.5. The maximum atomic E-state index is 13.8. The highest BCUT2D eigenvalue weighted by Crippen LogP contribution is 2.40. The lowest BCUT2D eigenvalue weighted by Gasteiger charge is -2.43. The topological polar surface area (TPSA) is 26.8 Å². The van der Waals surface area contributed by atoms with E-state index in [0.717, 1.165) is 44.6 Å². The molecule has 0 atom stereocenters. The standard InChI is InChI=1S/C28H31N3O/c32-27-28(17-20-29(21-18-28)19-16-24-10-4-1-5-11-24)31(26-14-8-3-9-15-26)23-30(27)22-25-12-6-2-7-13-25/h1-15H,16-23H2. The van der Waals surface area contributed by atoms with Gasteiger partial charge in [-0.1, -0.05) is 78.9 Å². The van der Waals surface area contributed by atoms with Gasteiger partial charge in [-0.05, 0) is 42.5 Å². The average molecular weight is 426 g/mol. The fourth-order valence-electron chi connectivity index (χ4n) is 5.20. The van der Waals surface area contributed by atoms with E-state index in [9.17, 15) is 4.79 Å². The summed E-state index contributed by atoms with van der Waals surface area (Å²) in [6.45, 7) is 4.29. The molecular formula is C28H31N3O. The number of nitrogens with zero attached hydrogens (tertiary/aromatic N) is 3. The fourth-order valence-corrected chi connectivity index (χ4v) is 5.20. The number of likely N-dealkylation sites (tertiary alicyclic amines) is 1. The van der Waals surface area contributed by atoms with Gasteiger partial charge in [0.2, 0.25) is 5.91 Å². The van der Waals surface area contributed by atoms with Crippen molar-refractivity contribution in [3.63, 3.8) is 0 Å². The number of piperidine rings is 1. The molecule has 1 amide bonds. The predicted octanol–water partition coefficient (Wildman–Crippen LogP) is 4.57. The van der Waals surface area contributed by atoms with Gasteiger partial charge in [0, 0.05) is 31.9 Å². The number of benzene rings is 3. The van der Waals surface area contributed by atoms with Crippen molar-refractivity contribution in [3.05, 3.63) is 102 Å². The van der Waals surface area contributed by atoms with Crippen molar-refractivity contribution in [3.8, 4) is 0 Å². The van der Waals surface area contributed by atoms with Crippen molar-refractivity contribution in [1.82, 2.24) is 9.80 Å². The van der Waals surface area contributed by atoms with Crippen LogP contribution in [0.1, 0.15) is 24.0 Å². The first-order valence-corrected chi connectivity index (χ1v) is 11.7. The van der Waals surface area contributed by atoms with E-state index in [-0.39, 0.29) is 5.91 Å². The van der Waals surface area contributed by atoms with Crippen molar-refractivity contribution >= 4 is 11.6 Å². The zero-order chi connectivity index (χ0) is 21.8. The summed E-state index contributed by atoms with van der Waals surface area (Å²) >= 11 is 0. The van der Waals surface area contributed by atoms with Crippen molar-refractivity contribution in [2.24, 2.45) is 0 Å². The highest BCUT2D eigenvalue weighted by Gasteiger charge is 2.53. The maximum Gasteiger partial charge on any atom is 0.250 e. The lowest BCUT2D eigenvalue weighted by atomic mass is 9.85. The third kappa shape index (κ3) is 4.15. The Labute approximate surface area is 191 Å². The molecule has 0 N–H and O–H groups in total. The van der Waals surface area contributed by atoms with Gasteiger partial charge < -0.3 is 14.7 Å². The smallest absolute Gasteiger partial charge is 0.250 e. The molecule has 0 bridgehead atoms. The number of carbonyl (C=O) groups is 1. The van der Waals surface area contributed by atoms with E-state index in [4.69, 9.17) is 0 Å². The second-order valence-electron chi connectivity index (χ2n) is 9.00. The molecule has 4 nitrogen and oxygen atoms in total. The Kier molecular flexibility index (Phi) is 5.95. The van der Waals surface area contributed by atoms with Crippen LogP contribution in [-0.4, -0.2) is 47.5 Å². The van der Waals surface area contributed by atoms with Crippen molar-refractivity contribution < 1.29 is 4.79 Å². The SMILES string of the molecule is O=C1N(Cc2ccccc2)CN(c2ccccc2)C12CCN(CCc1ccccc1)CC2. The Morgan fingerprint density at radius 3 is 1.91 bits per heavy atom. The van der Waals surface area contributed by atoms with Gasteiger partial charge in [0.15, 0.2) is 0 Å². The molecule has 4 heteroatoms. The quantitative estimate of drug-likeness (QED) is 0.579. The summed E-state index contributed by atoms with van der Waals surface area (Å²) in [5.41, 5.74) is 3.28. The molecule has 164 valence electrons. The molecule has 5 rings (SSSR count). The molecule has 32 heavy (non-hydrogen) atoms. The summed E-state index contributed by atoms with van der Waals surface area (Å²) in [6.07, 6.45) is 2.81. The Morgan fingerprint density at radius 1 is 0.719 bits per heavy atom. The third-order valence-corrected chi connectivity index (χ3v) is 7.04. The van der Waals surface area contributed by atoms with Gasteiger partial charge in [-0.15, -0.1) is 0 Å². The highest BCUT2D eigenvalue weighted by molar-refractivity contribution is 5.93. The van der Waals surface area contributed by atoms with Crippen molar-refractivity contribution in [2.45, 2.75) is 31.3 Å². The molecule has 2 fully saturated rings. The second-order valence-corrected chi connectivity index (χ2v) is 9.00. The molecular weight excluding hydrogens is 394 g/mol. The monoisotopic (exact) mass is 425 g/mol. The van der Waals surface area contributed by atoms with Crippen LogP contribution < -0.4 is 4.90 Å². The summed E-state index contributed by atoms with van der Waals surface area (Å²) < 4.78 is 0. The van der Waals surface area contributed by atoms with E-state index >= 15 is 0 Å². The number of hydrogen-bond acceptors (Lipinski definition) is 3. The average Bonchev–Trinajstić information content (AvgIpc) is 3.12. The van der Waals surface area contributed by atoms with Gasteiger partial charge in [0.25, 0.3) is 0 Å². The molecule has 0 saturated carbocycles. The van der Waals surface area contributed by atoms with E-state index in [1.807, 2.05) is 29.2 Å². The largest absolute Gasteiger partial charge is 0.339 e. The van der Waals surface area contributed by atoms with Gasteiger partial charge in [-0.3, -0.25) is 4.79 Å². The summed E-state index contributed by atoms with van der Waals surface area (Å²) in [4.78, 5) is 20.8. The molecule has 2 aliphatic rings. The van der Waals surface area contributed by atoms with E-state index < -0.39 is 5.54 Å². The van der Waals surface area contributed by atoms with Crippen LogP contribution >= 0.6 is 0 Å². The lowest BCUT2D eigenvalue weighted by Crippen LogP contribution is -2.56. The molecule has 0 unspecified atom stereocenters. The molecule has 2 aliphatic heterocycles. The van der Waals surface area contributed by atoms with Crippen LogP contribution in [0.25, 0.3) is 0 Å². The summed E-state index contributed by atoms with van der Waals surface area (Å²) in [5, 5.41) is 0. The first-order valence-electron chi connectivity index (χ1n) is 11.7. The first kappa shape index (κ1) is 20.8. The number of hydrogen-bond donors (Lipinski definition) is 0. The molecule has 2 saturated heterocycles. The number of amides is 1. The Bertz CT molecular complexity index is 1010. The lowest BCUT2D eigenvalue weighted by molar-refractivity contribution is -0.134. The fraction of sp³-hybridized carbons (Fsp3) is 0.321. The zero-order valence-corrected chi connectivity index (χ0v) is 18.6. The summed E-state index contributed by atoms with van der Waals surface area (Å²) in [7, 11) is 0. The number of anilines is 1. The molecule has 3 aromatic carbocycles. The van der Waals surface area contributed by atoms with Gasteiger partial charge in [0.05, 0.1) is 6.67 Å². The molecule has 0 aromatic heterocycles. The molecule has 0 aliphatic carbocycles. The number of carbonyl (C=O) groups excluding carboxylic acids is 1. The number of rotatable bonds is 6. The van der Waals surface area contributed by atoms with Crippen LogP contribution in [-0.2, 0) is 17.8 Å². The Hall–Kier alpha value is -3.11. The highest BCUT2D eigenvalue weighted by atomic mass is 16.2. The molecule has 2 heterocycles. The normalized spacial score (nSPS) is 18.4. The molecule has 0 radical (unpaired) electrons. The van der Waals surface area contributed by atoms with Crippen LogP contribution in [0.4, 0.5) is 5.69 Å². The zero-order valence-electron chi connectivity index (χ0n) is 18.6. The van der Waals surface area contributed by atoms with E-state index in [1.54, 1.807) is 0 Å². The second kappa shape index (κ2) is 9.17. The summed E-state index contributed by atoms with van der Waals surface area (Å²) in [5.74, 6) is 0.285. The van der Waals surface area contributed by atoms with E-state index in [1.165, 1.54) is 11.1 Å². The van der Waals surface area contributed by atoms with Crippen molar-refractivity contribution in [1.29, 1.82) is 0 Å². The minimum Gasteiger partial charge on any atom is -0.339 e. The first-order chi connectivity index (χ1) is 15.7. The molecule has 3 aromatic rings. The van der Waals surface area contributed by atoms with E-state index in [2.05, 4.69) is 76.5 Å². The Morgan fingerprint density at radius 2 is 1.28 bits per heavy atom. The van der Waals surface area contributed by atoms with Gasteiger partial charge >= 0.3 is 0 Å². The van der Waals surface area contributed by atoms with Crippen LogP contribution in [0.15, 0.2) is 91.0 Å². The molecule has 1 spiro atoms. The van der Waals surface area contributed by atoms with Crippen LogP contribution in [0.3, 0.4) is 0 Å². The van der Waals surface area contributed by atoms with Crippen LogP contribution in [0.5, 0.6) is 0 Å².